The number of pyridine rings is 1. The Morgan fingerprint density at radius 1 is 1.46 bits per heavy atom. The molecule has 1 aromatic heterocycles. The number of rotatable bonds is 3. The Balaban J connectivity index is 1.76. The summed E-state index contributed by atoms with van der Waals surface area (Å²) in [6.45, 7) is -0.104. The van der Waals surface area contributed by atoms with Crippen molar-refractivity contribution in [2.75, 3.05) is 0 Å². The van der Waals surface area contributed by atoms with Gasteiger partial charge in [0.1, 0.15) is 11.4 Å². The molecule has 1 atom stereocenters. The van der Waals surface area contributed by atoms with Gasteiger partial charge in [0.05, 0.1) is 17.8 Å². The van der Waals surface area contributed by atoms with Crippen molar-refractivity contribution in [1.29, 1.82) is 0 Å². The standard InChI is InChI=1S/C17H13BBrFN2O2/c18-17(24)15-11(2-1-5-21-15)16(23)22(17)8-13-12(9-3-4-9)6-10(19)7-14(13)20/h1-2,5-7,9,24H,3-4,8H2. The van der Waals surface area contributed by atoms with Crippen LogP contribution in [-0.4, -0.2) is 28.7 Å². The Hall–Kier alpha value is -1.73. The number of benzene rings is 1. The van der Waals surface area contributed by atoms with E-state index in [4.69, 9.17) is 7.85 Å². The van der Waals surface area contributed by atoms with E-state index in [2.05, 4.69) is 20.9 Å². The van der Waals surface area contributed by atoms with Crippen LogP contribution in [0.4, 0.5) is 4.39 Å². The van der Waals surface area contributed by atoms with E-state index >= 15 is 0 Å². The maximum absolute atomic E-state index is 14.6. The zero-order valence-electron chi connectivity index (χ0n) is 12.7. The molecule has 0 bridgehead atoms. The summed E-state index contributed by atoms with van der Waals surface area (Å²) in [5.41, 5.74) is -0.456. The molecule has 24 heavy (non-hydrogen) atoms. The van der Waals surface area contributed by atoms with Crippen LogP contribution < -0.4 is 0 Å². The first-order chi connectivity index (χ1) is 11.4. The summed E-state index contributed by atoms with van der Waals surface area (Å²) < 4.78 is 15.2. The summed E-state index contributed by atoms with van der Waals surface area (Å²) in [6, 6.07) is 6.40. The van der Waals surface area contributed by atoms with Crippen molar-refractivity contribution < 1.29 is 14.3 Å². The van der Waals surface area contributed by atoms with Crippen molar-refractivity contribution in [3.8, 4) is 0 Å². The molecule has 1 fully saturated rings. The third-order valence-corrected chi connectivity index (χ3v) is 5.03. The summed E-state index contributed by atoms with van der Waals surface area (Å²) in [5.74, 6) is -0.581. The highest BCUT2D eigenvalue weighted by Crippen LogP contribution is 2.44. The Bertz CT molecular complexity index is 854. The Kier molecular flexibility index (Phi) is 3.55. The van der Waals surface area contributed by atoms with Crippen molar-refractivity contribution in [3.05, 3.63) is 63.1 Å². The lowest BCUT2D eigenvalue weighted by Gasteiger charge is -2.31. The van der Waals surface area contributed by atoms with Crippen LogP contribution in [0.2, 0.25) is 0 Å². The lowest BCUT2D eigenvalue weighted by atomic mass is 9.86. The van der Waals surface area contributed by atoms with Gasteiger partial charge in [-0.05, 0) is 48.6 Å². The van der Waals surface area contributed by atoms with E-state index < -0.39 is 17.3 Å². The SMILES string of the molecule is [B]C1(O)c2ncccc2C(=O)N1Cc1c(F)cc(Br)cc1C1CC1. The highest BCUT2D eigenvalue weighted by molar-refractivity contribution is 9.10. The Morgan fingerprint density at radius 3 is 2.88 bits per heavy atom. The second-order valence-corrected chi connectivity index (χ2v) is 7.16. The van der Waals surface area contributed by atoms with E-state index in [1.165, 1.54) is 12.3 Å². The molecule has 0 spiro atoms. The Morgan fingerprint density at radius 2 is 2.21 bits per heavy atom. The van der Waals surface area contributed by atoms with Crippen LogP contribution in [0.3, 0.4) is 0 Å². The molecular formula is C17H13BBrFN2O2. The number of aliphatic hydroxyl groups is 1. The van der Waals surface area contributed by atoms with Crippen molar-refractivity contribution >= 4 is 29.7 Å². The number of hydrogen-bond donors (Lipinski definition) is 1. The van der Waals surface area contributed by atoms with Gasteiger partial charge >= 0.3 is 0 Å². The van der Waals surface area contributed by atoms with E-state index in [-0.39, 0.29) is 23.7 Å². The van der Waals surface area contributed by atoms with Crippen molar-refractivity contribution in [2.45, 2.75) is 30.9 Å². The van der Waals surface area contributed by atoms with Gasteiger partial charge < -0.3 is 10.0 Å². The van der Waals surface area contributed by atoms with E-state index in [0.29, 0.717) is 10.0 Å². The summed E-state index contributed by atoms with van der Waals surface area (Å²) in [4.78, 5) is 17.7. The van der Waals surface area contributed by atoms with Gasteiger partial charge in [-0.25, -0.2) is 4.39 Å². The third kappa shape index (κ3) is 2.38. The molecule has 1 aromatic carbocycles. The number of carbonyl (C=O) groups is 1. The number of hydrogen-bond acceptors (Lipinski definition) is 3. The molecule has 2 radical (unpaired) electrons. The topological polar surface area (TPSA) is 53.4 Å². The number of carbonyl (C=O) groups excluding carboxylic acids is 1. The molecule has 120 valence electrons. The minimum Gasteiger partial charge on any atom is -0.374 e. The van der Waals surface area contributed by atoms with E-state index in [1.807, 2.05) is 6.07 Å². The van der Waals surface area contributed by atoms with Gasteiger partial charge in [-0.3, -0.25) is 9.78 Å². The molecule has 0 saturated heterocycles. The molecule has 1 saturated carbocycles. The van der Waals surface area contributed by atoms with Gasteiger partial charge in [0.25, 0.3) is 5.91 Å². The predicted octanol–water partition coefficient (Wildman–Crippen LogP) is 2.79. The van der Waals surface area contributed by atoms with Gasteiger partial charge in [-0.15, -0.1) is 0 Å². The molecule has 2 heterocycles. The molecule has 4 rings (SSSR count). The monoisotopic (exact) mass is 386 g/mol. The predicted molar refractivity (Wildman–Crippen MR) is 89.8 cm³/mol. The zero-order valence-corrected chi connectivity index (χ0v) is 14.3. The van der Waals surface area contributed by atoms with Gasteiger partial charge in [-0.2, -0.15) is 0 Å². The van der Waals surface area contributed by atoms with Crippen LogP contribution in [0, 0.1) is 5.82 Å². The molecule has 1 unspecified atom stereocenters. The normalized spacial score (nSPS) is 22.8. The minimum atomic E-state index is -2.05. The fourth-order valence-electron chi connectivity index (χ4n) is 3.20. The largest absolute Gasteiger partial charge is 0.374 e. The summed E-state index contributed by atoms with van der Waals surface area (Å²) in [7, 11) is 5.96. The maximum atomic E-state index is 14.6. The van der Waals surface area contributed by atoms with E-state index in [1.54, 1.807) is 12.1 Å². The average molecular weight is 387 g/mol. The molecular weight excluding hydrogens is 374 g/mol. The first kappa shape index (κ1) is 15.8. The molecule has 1 N–H and O–H groups in total. The molecule has 1 aliphatic heterocycles. The Labute approximate surface area is 148 Å². The number of fused-ring (bicyclic) bond motifs is 1. The van der Waals surface area contributed by atoms with E-state index in [0.717, 1.165) is 23.3 Å². The number of halogens is 2. The summed E-state index contributed by atoms with van der Waals surface area (Å²) in [6.07, 6.45) is 3.44. The summed E-state index contributed by atoms with van der Waals surface area (Å²) in [5, 5.41) is 10.6. The van der Waals surface area contributed by atoms with Crippen LogP contribution >= 0.6 is 15.9 Å². The fourth-order valence-corrected chi connectivity index (χ4v) is 3.65. The smallest absolute Gasteiger partial charge is 0.258 e. The van der Waals surface area contributed by atoms with E-state index in [9.17, 15) is 14.3 Å². The van der Waals surface area contributed by atoms with Crippen molar-refractivity contribution in [3.63, 3.8) is 0 Å². The van der Waals surface area contributed by atoms with Crippen molar-refractivity contribution in [1.82, 2.24) is 9.88 Å². The molecule has 2 aromatic rings. The third-order valence-electron chi connectivity index (χ3n) is 4.57. The highest BCUT2D eigenvalue weighted by atomic mass is 79.9. The first-order valence-corrected chi connectivity index (χ1v) is 8.45. The van der Waals surface area contributed by atoms with Crippen LogP contribution in [0.15, 0.2) is 34.9 Å². The second-order valence-electron chi connectivity index (χ2n) is 6.25. The summed E-state index contributed by atoms with van der Waals surface area (Å²) >= 11 is 3.31. The number of nitrogens with zero attached hydrogens (tertiary/aromatic N) is 2. The van der Waals surface area contributed by atoms with Gasteiger partial charge in [0, 0.05) is 16.2 Å². The lowest BCUT2D eigenvalue weighted by Crippen LogP contribution is -2.44. The maximum Gasteiger partial charge on any atom is 0.258 e. The fraction of sp³-hybridized carbons (Fsp3) is 0.294. The van der Waals surface area contributed by atoms with Crippen LogP contribution in [0.1, 0.15) is 45.9 Å². The van der Waals surface area contributed by atoms with Crippen LogP contribution in [0.25, 0.3) is 0 Å². The van der Waals surface area contributed by atoms with Gasteiger partial charge in [0.2, 0.25) is 0 Å². The van der Waals surface area contributed by atoms with Gasteiger partial charge in [-0.1, -0.05) is 15.9 Å². The minimum absolute atomic E-state index is 0.0977. The molecule has 1 amide bonds. The van der Waals surface area contributed by atoms with Gasteiger partial charge in [0.15, 0.2) is 7.85 Å². The molecule has 4 nitrogen and oxygen atoms in total. The second kappa shape index (κ2) is 5.39. The zero-order chi connectivity index (χ0) is 17.1. The average Bonchev–Trinajstić information content (AvgIpc) is 3.34. The van der Waals surface area contributed by atoms with Crippen molar-refractivity contribution in [2.24, 2.45) is 0 Å². The first-order valence-electron chi connectivity index (χ1n) is 7.66. The highest BCUT2D eigenvalue weighted by Gasteiger charge is 2.46. The molecule has 1 aliphatic carbocycles. The quantitative estimate of drug-likeness (QED) is 0.825. The molecule has 7 heteroatoms. The number of aromatic nitrogens is 1. The van der Waals surface area contributed by atoms with Crippen LogP contribution in [0.5, 0.6) is 0 Å². The lowest BCUT2D eigenvalue weighted by molar-refractivity contribution is -0.0228. The number of amides is 1. The molecule has 2 aliphatic rings. The van der Waals surface area contributed by atoms with Crippen LogP contribution in [-0.2, 0) is 12.2 Å².